The monoisotopic (exact) mass is 280 g/mol. The van der Waals surface area contributed by atoms with Crippen molar-refractivity contribution in [2.45, 2.75) is 6.16 Å². The topological polar surface area (TPSA) is 29.5 Å². The summed E-state index contributed by atoms with van der Waals surface area (Å²) in [6.45, 7) is 0.775. The van der Waals surface area contributed by atoms with Crippen LogP contribution < -0.4 is 4.74 Å². The van der Waals surface area contributed by atoms with Crippen molar-refractivity contribution in [3.05, 3.63) is 23.8 Å². The van der Waals surface area contributed by atoms with E-state index in [1.807, 2.05) is 12.1 Å². The summed E-state index contributed by atoms with van der Waals surface area (Å²) < 4.78 is 4.99. The molecule has 0 aliphatic heterocycles. The van der Waals surface area contributed by atoms with Gasteiger partial charge in [0.2, 0.25) is 0 Å². The van der Waals surface area contributed by atoms with Crippen LogP contribution >= 0.6 is 30.7 Å². The maximum Gasteiger partial charge on any atom is 0.122 e. The summed E-state index contributed by atoms with van der Waals surface area (Å²) in [5.74, 6) is 1.03. The summed E-state index contributed by atoms with van der Waals surface area (Å²) in [5.41, 5.74) is 0.992. The van der Waals surface area contributed by atoms with E-state index in [1.165, 1.54) is 0 Å². The lowest BCUT2D eigenvalue weighted by Crippen LogP contribution is -1.84. The Labute approximate surface area is 89.3 Å². The standard InChI is InChI=1S/C8H11BrO2P2/c1-11-7-3-2-6(5-12-13-9)8(10)4-7/h2-4,10,12-13H,5H2,1H3. The summed E-state index contributed by atoms with van der Waals surface area (Å²) in [6, 6.07) is 5.43. The molecule has 1 N–H and O–H groups in total. The van der Waals surface area contributed by atoms with Gasteiger partial charge in [-0.15, -0.1) is 0 Å². The van der Waals surface area contributed by atoms with Gasteiger partial charge < -0.3 is 9.84 Å². The summed E-state index contributed by atoms with van der Waals surface area (Å²) in [4.78, 5) is 0. The lowest BCUT2D eigenvalue weighted by atomic mass is 10.2. The van der Waals surface area contributed by atoms with E-state index in [0.717, 1.165) is 27.0 Å². The molecule has 2 nitrogen and oxygen atoms in total. The number of aromatic hydroxyl groups is 1. The number of benzene rings is 1. The molecule has 72 valence electrons. The molecular formula is C8H11BrO2P2. The van der Waals surface area contributed by atoms with E-state index >= 15 is 0 Å². The van der Waals surface area contributed by atoms with Crippen LogP contribution in [0.2, 0.25) is 0 Å². The second-order valence-corrected chi connectivity index (χ2v) is 8.53. The van der Waals surface area contributed by atoms with Crippen LogP contribution in [0.4, 0.5) is 0 Å². The molecular weight excluding hydrogens is 270 g/mol. The van der Waals surface area contributed by atoms with Crippen LogP contribution in [0.25, 0.3) is 0 Å². The molecule has 5 heteroatoms. The first-order valence-electron chi connectivity index (χ1n) is 3.72. The highest BCUT2D eigenvalue weighted by Crippen LogP contribution is 2.46. The van der Waals surface area contributed by atoms with Crippen LogP contribution in [0.5, 0.6) is 11.5 Å². The maximum absolute atomic E-state index is 9.56. The van der Waals surface area contributed by atoms with Gasteiger partial charge in [0, 0.05) is 6.07 Å². The van der Waals surface area contributed by atoms with Crippen molar-refractivity contribution in [2.24, 2.45) is 0 Å². The quantitative estimate of drug-likeness (QED) is 0.856. The molecule has 0 saturated heterocycles. The number of rotatable bonds is 4. The smallest absolute Gasteiger partial charge is 0.122 e. The van der Waals surface area contributed by atoms with Crippen LogP contribution in [0.15, 0.2) is 18.2 Å². The van der Waals surface area contributed by atoms with Crippen molar-refractivity contribution in [3.63, 3.8) is 0 Å². The molecule has 0 heterocycles. The second kappa shape index (κ2) is 5.80. The number of methoxy groups -OCH3 is 1. The predicted octanol–water partition coefficient (Wildman–Crippen LogP) is 3.48. The summed E-state index contributed by atoms with van der Waals surface area (Å²) in [5, 5.41) is 9.56. The van der Waals surface area contributed by atoms with E-state index in [-0.39, 0.29) is 0 Å². The lowest BCUT2D eigenvalue weighted by Gasteiger charge is -2.05. The number of phenolic OH excluding ortho intramolecular Hbond substituents is 1. The molecule has 2 atom stereocenters. The fraction of sp³-hybridized carbons (Fsp3) is 0.250. The lowest BCUT2D eigenvalue weighted by molar-refractivity contribution is 0.407. The van der Waals surface area contributed by atoms with Gasteiger partial charge in [0.1, 0.15) is 11.5 Å². The molecule has 0 spiro atoms. The Morgan fingerprint density at radius 3 is 2.85 bits per heavy atom. The Morgan fingerprint density at radius 1 is 1.54 bits per heavy atom. The first-order valence-corrected chi connectivity index (χ1v) is 9.18. The Balaban J connectivity index is 2.73. The zero-order valence-corrected chi connectivity index (χ0v) is 10.8. The van der Waals surface area contributed by atoms with Gasteiger partial charge in [-0.2, -0.15) is 0 Å². The number of hydrogen-bond donors (Lipinski definition) is 1. The molecule has 2 unspecified atom stereocenters. The molecule has 0 aliphatic carbocycles. The SMILES string of the molecule is COc1ccc(CPPBr)c(O)c1. The van der Waals surface area contributed by atoms with Crippen molar-refractivity contribution in [3.8, 4) is 11.5 Å². The fourth-order valence-electron chi connectivity index (χ4n) is 0.949. The van der Waals surface area contributed by atoms with Gasteiger partial charge in [-0.3, -0.25) is 0 Å². The average molecular weight is 281 g/mol. The molecule has 0 amide bonds. The van der Waals surface area contributed by atoms with Crippen molar-refractivity contribution >= 4 is 30.7 Å². The Morgan fingerprint density at radius 2 is 2.31 bits per heavy atom. The van der Waals surface area contributed by atoms with Gasteiger partial charge in [-0.05, 0) is 24.8 Å². The Bertz CT molecular complexity index is 281. The summed E-state index contributed by atoms with van der Waals surface area (Å²) >= 11 is 3.39. The van der Waals surface area contributed by atoms with Crippen LogP contribution in [-0.4, -0.2) is 12.2 Å². The fourth-order valence-corrected chi connectivity index (χ4v) is 3.54. The van der Waals surface area contributed by atoms with E-state index in [0.29, 0.717) is 11.5 Å². The molecule has 0 fully saturated rings. The van der Waals surface area contributed by atoms with Crippen molar-refractivity contribution in [1.29, 1.82) is 0 Å². The van der Waals surface area contributed by atoms with Gasteiger partial charge in [-0.1, -0.05) is 29.8 Å². The minimum absolute atomic E-state index is 0.331. The molecule has 0 aromatic heterocycles. The third-order valence-corrected chi connectivity index (χ3v) is 5.78. The molecule has 0 bridgehead atoms. The van der Waals surface area contributed by atoms with Gasteiger partial charge >= 0.3 is 0 Å². The highest BCUT2D eigenvalue weighted by atomic mass is 79.9. The minimum atomic E-state index is 0.331. The van der Waals surface area contributed by atoms with E-state index in [2.05, 4.69) is 15.5 Å². The maximum atomic E-state index is 9.56. The van der Waals surface area contributed by atoms with Gasteiger partial charge in [0.15, 0.2) is 0 Å². The zero-order valence-electron chi connectivity index (χ0n) is 7.17. The van der Waals surface area contributed by atoms with Crippen LogP contribution in [0, 0.1) is 0 Å². The first kappa shape index (κ1) is 11.2. The zero-order chi connectivity index (χ0) is 9.68. The molecule has 13 heavy (non-hydrogen) atoms. The normalized spacial score (nSPS) is 11.8. The number of ether oxygens (including phenoxy) is 1. The largest absolute Gasteiger partial charge is 0.508 e. The van der Waals surface area contributed by atoms with E-state index in [4.69, 9.17) is 4.74 Å². The average Bonchev–Trinajstić information content (AvgIpc) is 2.16. The van der Waals surface area contributed by atoms with Crippen molar-refractivity contribution in [1.82, 2.24) is 0 Å². The summed E-state index contributed by atoms with van der Waals surface area (Å²) in [7, 11) is 2.42. The van der Waals surface area contributed by atoms with Gasteiger partial charge in [-0.25, -0.2) is 0 Å². The predicted molar refractivity (Wildman–Crippen MR) is 63.9 cm³/mol. The Kier molecular flexibility index (Phi) is 5.01. The van der Waals surface area contributed by atoms with E-state index in [9.17, 15) is 5.11 Å². The molecule has 0 radical (unpaired) electrons. The number of phenols is 1. The highest BCUT2D eigenvalue weighted by molar-refractivity contribution is 9.41. The second-order valence-electron chi connectivity index (χ2n) is 2.44. The van der Waals surface area contributed by atoms with Crippen LogP contribution in [0.1, 0.15) is 5.56 Å². The summed E-state index contributed by atoms with van der Waals surface area (Å²) in [6.07, 6.45) is 0.930. The molecule has 1 aromatic rings. The molecule has 1 aromatic carbocycles. The molecule has 1 rings (SSSR count). The van der Waals surface area contributed by atoms with E-state index < -0.39 is 0 Å². The van der Waals surface area contributed by atoms with Gasteiger partial charge in [0.25, 0.3) is 0 Å². The van der Waals surface area contributed by atoms with Crippen molar-refractivity contribution in [2.75, 3.05) is 7.11 Å². The first-order chi connectivity index (χ1) is 6.27. The van der Waals surface area contributed by atoms with Gasteiger partial charge in [0.05, 0.1) is 7.11 Å². The van der Waals surface area contributed by atoms with Crippen LogP contribution in [0.3, 0.4) is 0 Å². The van der Waals surface area contributed by atoms with Crippen LogP contribution in [-0.2, 0) is 6.16 Å². The Hall–Kier alpha value is 0.160. The highest BCUT2D eigenvalue weighted by Gasteiger charge is 2.01. The van der Waals surface area contributed by atoms with Crippen molar-refractivity contribution < 1.29 is 9.84 Å². The molecule has 0 aliphatic rings. The minimum Gasteiger partial charge on any atom is -0.508 e. The van der Waals surface area contributed by atoms with E-state index in [1.54, 1.807) is 13.2 Å². The third-order valence-electron chi connectivity index (χ3n) is 1.64. The third kappa shape index (κ3) is 3.42. The number of halogens is 1. The molecule has 0 saturated carbocycles. The number of hydrogen-bond acceptors (Lipinski definition) is 2.